The summed E-state index contributed by atoms with van der Waals surface area (Å²) in [7, 11) is 0. The van der Waals surface area contributed by atoms with Crippen molar-refractivity contribution in [1.29, 1.82) is 5.26 Å². The smallest absolute Gasteiger partial charge is 0.184 e. The molecule has 0 aliphatic rings. The molecule has 1 aromatic carbocycles. The molecule has 0 fully saturated rings. The second-order valence-corrected chi connectivity index (χ2v) is 4.99. The second-order valence-electron chi connectivity index (χ2n) is 3.42. The molecular weight excluding hydrogens is 365 g/mol. The molecule has 90 valence electrons. The van der Waals surface area contributed by atoms with E-state index in [2.05, 4.69) is 31.9 Å². The average molecular weight is 371 g/mol. The van der Waals surface area contributed by atoms with Gasteiger partial charge in [0.1, 0.15) is 11.6 Å². The minimum Gasteiger partial charge on any atom is -0.449 e. The topological polar surface area (TPSA) is 36.9 Å². The molecule has 0 radical (unpaired) electrons. The summed E-state index contributed by atoms with van der Waals surface area (Å²) in [5, 5.41) is 9.09. The van der Waals surface area contributed by atoms with Gasteiger partial charge in [-0.3, -0.25) is 0 Å². The van der Waals surface area contributed by atoms with Crippen LogP contribution in [0.3, 0.4) is 0 Å². The van der Waals surface area contributed by atoms with Crippen molar-refractivity contribution in [2.75, 3.05) is 0 Å². The van der Waals surface area contributed by atoms with Crippen LogP contribution in [-0.2, 0) is 0 Å². The Morgan fingerprint density at radius 1 is 1.33 bits per heavy atom. The zero-order chi connectivity index (χ0) is 13.1. The Morgan fingerprint density at radius 2 is 2.06 bits per heavy atom. The standard InChI is InChI=1S/C13H6Br2FNO/c14-11-6-9(18-13(11)15)5-8(7-17)10-3-1-2-4-12(10)16/h1-6H. The minimum atomic E-state index is -0.435. The lowest BCUT2D eigenvalue weighted by Gasteiger charge is -1.99. The third kappa shape index (κ3) is 2.71. The van der Waals surface area contributed by atoms with Gasteiger partial charge in [-0.15, -0.1) is 0 Å². The van der Waals surface area contributed by atoms with Crippen molar-refractivity contribution in [3.8, 4) is 6.07 Å². The minimum absolute atomic E-state index is 0.210. The van der Waals surface area contributed by atoms with E-state index in [1.165, 1.54) is 12.1 Å². The van der Waals surface area contributed by atoms with E-state index >= 15 is 0 Å². The average Bonchev–Trinajstić information content (AvgIpc) is 2.66. The van der Waals surface area contributed by atoms with Crippen molar-refractivity contribution in [3.05, 3.63) is 56.6 Å². The summed E-state index contributed by atoms with van der Waals surface area (Å²) in [6.07, 6.45) is 1.49. The van der Waals surface area contributed by atoms with Crippen LogP contribution in [-0.4, -0.2) is 0 Å². The van der Waals surface area contributed by atoms with Gasteiger partial charge in [-0.1, -0.05) is 18.2 Å². The predicted molar refractivity (Wildman–Crippen MR) is 74.0 cm³/mol. The van der Waals surface area contributed by atoms with E-state index < -0.39 is 5.82 Å². The highest BCUT2D eigenvalue weighted by molar-refractivity contribution is 9.13. The lowest BCUT2D eigenvalue weighted by atomic mass is 10.1. The molecule has 0 saturated heterocycles. The van der Waals surface area contributed by atoms with Crippen molar-refractivity contribution in [3.63, 3.8) is 0 Å². The van der Waals surface area contributed by atoms with Crippen molar-refractivity contribution < 1.29 is 8.81 Å². The van der Waals surface area contributed by atoms with Crippen LogP contribution in [0.4, 0.5) is 4.39 Å². The zero-order valence-corrected chi connectivity index (χ0v) is 12.1. The summed E-state index contributed by atoms with van der Waals surface area (Å²) in [5.41, 5.74) is 0.463. The molecule has 0 saturated carbocycles. The first-order valence-electron chi connectivity index (χ1n) is 4.93. The van der Waals surface area contributed by atoms with E-state index in [4.69, 9.17) is 9.68 Å². The molecule has 18 heavy (non-hydrogen) atoms. The van der Waals surface area contributed by atoms with Crippen LogP contribution in [0.2, 0.25) is 0 Å². The second kappa shape index (κ2) is 5.51. The molecular formula is C13H6Br2FNO. The van der Waals surface area contributed by atoms with Crippen LogP contribution >= 0.6 is 31.9 Å². The maximum Gasteiger partial charge on any atom is 0.184 e. The number of hydrogen-bond acceptors (Lipinski definition) is 2. The first kappa shape index (κ1) is 13.1. The summed E-state index contributed by atoms with van der Waals surface area (Å²) in [5.74, 6) is 0.0311. The molecule has 1 heterocycles. The van der Waals surface area contributed by atoms with Gasteiger partial charge in [0.25, 0.3) is 0 Å². The highest BCUT2D eigenvalue weighted by Crippen LogP contribution is 2.29. The Balaban J connectivity index is 2.47. The van der Waals surface area contributed by atoms with Crippen molar-refractivity contribution in [2.45, 2.75) is 0 Å². The van der Waals surface area contributed by atoms with Crippen LogP contribution < -0.4 is 0 Å². The highest BCUT2D eigenvalue weighted by atomic mass is 79.9. The maximum absolute atomic E-state index is 13.6. The number of hydrogen-bond donors (Lipinski definition) is 0. The van der Waals surface area contributed by atoms with Crippen LogP contribution in [0, 0.1) is 17.1 Å². The first-order valence-corrected chi connectivity index (χ1v) is 6.52. The molecule has 0 spiro atoms. The van der Waals surface area contributed by atoms with E-state index in [0.29, 0.717) is 10.4 Å². The fourth-order valence-corrected chi connectivity index (χ4v) is 2.03. The number of allylic oxidation sites excluding steroid dienone is 1. The van der Waals surface area contributed by atoms with E-state index in [1.54, 1.807) is 24.3 Å². The molecule has 2 aromatic rings. The summed E-state index contributed by atoms with van der Waals surface area (Å²) >= 11 is 6.47. The number of nitrogens with zero attached hydrogens (tertiary/aromatic N) is 1. The van der Waals surface area contributed by atoms with Crippen molar-refractivity contribution >= 4 is 43.5 Å². The first-order chi connectivity index (χ1) is 8.61. The summed E-state index contributed by atoms with van der Waals surface area (Å²) in [4.78, 5) is 0. The molecule has 5 heteroatoms. The van der Waals surface area contributed by atoms with Gasteiger partial charge < -0.3 is 4.42 Å². The lowest BCUT2D eigenvalue weighted by molar-refractivity contribution is 0.530. The quantitative estimate of drug-likeness (QED) is 0.697. The summed E-state index contributed by atoms with van der Waals surface area (Å²) in [6, 6.07) is 9.79. The van der Waals surface area contributed by atoms with Crippen molar-refractivity contribution in [2.24, 2.45) is 0 Å². The third-order valence-electron chi connectivity index (χ3n) is 2.24. The van der Waals surface area contributed by atoms with Gasteiger partial charge >= 0.3 is 0 Å². The molecule has 0 unspecified atom stereocenters. The van der Waals surface area contributed by atoms with E-state index in [-0.39, 0.29) is 11.1 Å². The van der Waals surface area contributed by atoms with Gasteiger partial charge in [0.05, 0.1) is 16.1 Å². The monoisotopic (exact) mass is 369 g/mol. The van der Waals surface area contributed by atoms with Gasteiger partial charge in [-0.05, 0) is 50.1 Å². The van der Waals surface area contributed by atoms with Gasteiger partial charge in [0.2, 0.25) is 0 Å². The molecule has 2 rings (SSSR count). The SMILES string of the molecule is N#CC(=Cc1cc(Br)c(Br)o1)c1ccccc1F. The number of halogens is 3. The van der Waals surface area contributed by atoms with Crippen LogP contribution in [0.25, 0.3) is 11.6 Å². The molecule has 2 nitrogen and oxygen atoms in total. The molecule has 0 N–H and O–H groups in total. The Morgan fingerprint density at radius 3 is 2.61 bits per heavy atom. The number of rotatable bonds is 2. The third-order valence-corrected chi connectivity index (χ3v) is 3.95. The van der Waals surface area contributed by atoms with Gasteiger partial charge in [-0.25, -0.2) is 4.39 Å². The van der Waals surface area contributed by atoms with E-state index in [0.717, 1.165) is 4.47 Å². The van der Waals surface area contributed by atoms with Gasteiger partial charge in [0.15, 0.2) is 4.67 Å². The molecule has 0 atom stereocenters. The summed E-state index contributed by atoms with van der Waals surface area (Å²) in [6.45, 7) is 0. The Kier molecular flexibility index (Phi) is 4.00. The van der Waals surface area contributed by atoms with Crippen molar-refractivity contribution in [1.82, 2.24) is 0 Å². The Hall–Kier alpha value is -1.38. The fraction of sp³-hybridized carbons (Fsp3) is 0. The number of benzene rings is 1. The van der Waals surface area contributed by atoms with E-state index in [1.807, 2.05) is 6.07 Å². The largest absolute Gasteiger partial charge is 0.449 e. The summed E-state index contributed by atoms with van der Waals surface area (Å²) < 4.78 is 20.2. The van der Waals surface area contributed by atoms with Gasteiger partial charge in [0, 0.05) is 5.56 Å². The maximum atomic E-state index is 13.6. The number of nitriles is 1. The molecule has 1 aromatic heterocycles. The molecule has 0 aliphatic heterocycles. The molecule has 0 aliphatic carbocycles. The van der Waals surface area contributed by atoms with Crippen LogP contribution in [0.5, 0.6) is 0 Å². The Labute approximate surface area is 120 Å². The zero-order valence-electron chi connectivity index (χ0n) is 8.95. The number of furan rings is 1. The van der Waals surface area contributed by atoms with E-state index in [9.17, 15) is 4.39 Å². The van der Waals surface area contributed by atoms with Gasteiger partial charge in [-0.2, -0.15) is 5.26 Å². The van der Waals surface area contributed by atoms with Crippen LogP contribution in [0.1, 0.15) is 11.3 Å². The fourth-order valence-electron chi connectivity index (χ4n) is 1.43. The highest BCUT2D eigenvalue weighted by Gasteiger charge is 2.09. The molecule has 0 amide bonds. The molecule has 0 bridgehead atoms. The van der Waals surface area contributed by atoms with Crippen LogP contribution in [0.15, 0.2) is 43.9 Å². The Bertz CT molecular complexity index is 636. The predicted octanol–water partition coefficient (Wildman–Crippen LogP) is 5.01. The lowest BCUT2D eigenvalue weighted by Crippen LogP contribution is -1.86. The normalized spacial score (nSPS) is 11.3.